The SMILES string of the molecule is CC(C)(C)NCC(O)COc1ccc(CC#N)cc1. The van der Waals surface area contributed by atoms with Gasteiger partial charge < -0.3 is 15.2 Å². The van der Waals surface area contributed by atoms with Crippen LogP contribution in [0.4, 0.5) is 0 Å². The number of nitrogens with one attached hydrogen (secondary N) is 1. The molecule has 0 heterocycles. The third-order valence-corrected chi connectivity index (χ3v) is 2.52. The summed E-state index contributed by atoms with van der Waals surface area (Å²) in [4.78, 5) is 0. The van der Waals surface area contributed by atoms with Crippen LogP contribution in [-0.2, 0) is 6.42 Å². The summed E-state index contributed by atoms with van der Waals surface area (Å²) in [5.74, 6) is 0.705. The van der Waals surface area contributed by atoms with Crippen molar-refractivity contribution in [3.05, 3.63) is 29.8 Å². The molecule has 0 fully saturated rings. The Morgan fingerprint density at radius 1 is 1.32 bits per heavy atom. The molecule has 19 heavy (non-hydrogen) atoms. The molecular weight excluding hydrogens is 240 g/mol. The van der Waals surface area contributed by atoms with Crippen molar-refractivity contribution in [1.82, 2.24) is 5.32 Å². The molecule has 0 aliphatic carbocycles. The molecule has 0 aliphatic rings. The molecule has 0 spiro atoms. The van der Waals surface area contributed by atoms with Gasteiger partial charge in [0.05, 0.1) is 12.5 Å². The smallest absolute Gasteiger partial charge is 0.119 e. The van der Waals surface area contributed by atoms with Gasteiger partial charge in [-0.2, -0.15) is 5.26 Å². The Hall–Kier alpha value is -1.57. The van der Waals surface area contributed by atoms with Gasteiger partial charge in [-0.3, -0.25) is 0 Å². The van der Waals surface area contributed by atoms with Crippen molar-refractivity contribution in [2.24, 2.45) is 0 Å². The Balaban J connectivity index is 2.34. The van der Waals surface area contributed by atoms with E-state index in [0.717, 1.165) is 5.56 Å². The van der Waals surface area contributed by atoms with Crippen LogP contribution in [0.2, 0.25) is 0 Å². The van der Waals surface area contributed by atoms with Gasteiger partial charge in [-0.1, -0.05) is 12.1 Å². The molecule has 1 aromatic rings. The predicted octanol–water partition coefficient (Wildman–Crippen LogP) is 1.88. The number of hydrogen-bond donors (Lipinski definition) is 2. The van der Waals surface area contributed by atoms with E-state index in [2.05, 4.69) is 32.2 Å². The van der Waals surface area contributed by atoms with Gasteiger partial charge in [0, 0.05) is 12.1 Å². The minimum absolute atomic E-state index is 0.0140. The normalized spacial score (nSPS) is 12.8. The van der Waals surface area contributed by atoms with E-state index >= 15 is 0 Å². The minimum Gasteiger partial charge on any atom is -0.491 e. The van der Waals surface area contributed by atoms with Crippen LogP contribution in [0.1, 0.15) is 26.3 Å². The highest BCUT2D eigenvalue weighted by atomic mass is 16.5. The van der Waals surface area contributed by atoms with Gasteiger partial charge in [0.15, 0.2) is 0 Å². The molecule has 4 nitrogen and oxygen atoms in total. The maximum absolute atomic E-state index is 9.78. The van der Waals surface area contributed by atoms with Gasteiger partial charge in [-0.25, -0.2) is 0 Å². The number of nitriles is 1. The van der Waals surface area contributed by atoms with Crippen molar-refractivity contribution in [2.75, 3.05) is 13.2 Å². The number of benzene rings is 1. The van der Waals surface area contributed by atoms with Crippen molar-refractivity contribution in [2.45, 2.75) is 38.8 Å². The van der Waals surface area contributed by atoms with Crippen LogP contribution < -0.4 is 10.1 Å². The lowest BCUT2D eigenvalue weighted by Gasteiger charge is -2.22. The van der Waals surface area contributed by atoms with Crippen LogP contribution in [0, 0.1) is 11.3 Å². The minimum atomic E-state index is -0.544. The molecule has 0 aliphatic heterocycles. The van der Waals surface area contributed by atoms with E-state index in [0.29, 0.717) is 18.7 Å². The van der Waals surface area contributed by atoms with Crippen LogP contribution in [0.3, 0.4) is 0 Å². The van der Waals surface area contributed by atoms with E-state index in [1.165, 1.54) is 0 Å². The highest BCUT2D eigenvalue weighted by Crippen LogP contribution is 2.12. The van der Waals surface area contributed by atoms with Gasteiger partial charge in [-0.15, -0.1) is 0 Å². The largest absolute Gasteiger partial charge is 0.491 e. The van der Waals surface area contributed by atoms with E-state index in [9.17, 15) is 5.11 Å². The first-order valence-electron chi connectivity index (χ1n) is 6.42. The van der Waals surface area contributed by atoms with Crippen LogP contribution in [0.5, 0.6) is 5.75 Å². The Bertz CT molecular complexity index is 415. The second-order valence-electron chi connectivity index (χ2n) is 5.57. The summed E-state index contributed by atoms with van der Waals surface area (Å²) in [6, 6.07) is 9.45. The summed E-state index contributed by atoms with van der Waals surface area (Å²) in [7, 11) is 0. The Morgan fingerprint density at radius 2 is 1.95 bits per heavy atom. The lowest BCUT2D eigenvalue weighted by atomic mass is 10.1. The standard InChI is InChI=1S/C15H22N2O2/c1-15(2,3)17-10-13(18)11-19-14-6-4-12(5-7-14)8-9-16/h4-7,13,17-18H,8,10-11H2,1-3H3. The highest BCUT2D eigenvalue weighted by molar-refractivity contribution is 5.28. The van der Waals surface area contributed by atoms with Crippen LogP contribution in [-0.4, -0.2) is 29.9 Å². The highest BCUT2D eigenvalue weighted by Gasteiger charge is 2.12. The zero-order valence-electron chi connectivity index (χ0n) is 11.8. The molecule has 0 aromatic heterocycles. The fourth-order valence-corrected chi connectivity index (χ4v) is 1.47. The number of nitrogens with zero attached hydrogens (tertiary/aromatic N) is 1. The van der Waals surface area contributed by atoms with Crippen LogP contribution in [0.15, 0.2) is 24.3 Å². The van der Waals surface area contributed by atoms with Crippen molar-refractivity contribution in [3.8, 4) is 11.8 Å². The molecule has 1 rings (SSSR count). The summed E-state index contributed by atoms with van der Waals surface area (Å²) in [5.41, 5.74) is 0.949. The topological polar surface area (TPSA) is 65.3 Å². The van der Waals surface area contributed by atoms with Gasteiger partial charge in [-0.05, 0) is 38.5 Å². The molecule has 2 N–H and O–H groups in total. The molecule has 0 bridgehead atoms. The number of rotatable bonds is 6. The monoisotopic (exact) mass is 262 g/mol. The molecule has 1 unspecified atom stereocenters. The first-order valence-corrected chi connectivity index (χ1v) is 6.42. The molecular formula is C15H22N2O2. The van der Waals surface area contributed by atoms with Gasteiger partial charge >= 0.3 is 0 Å². The number of aliphatic hydroxyl groups excluding tert-OH is 1. The van der Waals surface area contributed by atoms with E-state index in [-0.39, 0.29) is 12.1 Å². The predicted molar refractivity (Wildman–Crippen MR) is 75.0 cm³/mol. The quantitative estimate of drug-likeness (QED) is 0.821. The molecule has 4 heteroatoms. The zero-order chi connectivity index (χ0) is 14.3. The average molecular weight is 262 g/mol. The van der Waals surface area contributed by atoms with E-state index < -0.39 is 6.10 Å². The number of hydrogen-bond acceptors (Lipinski definition) is 4. The summed E-state index contributed by atoms with van der Waals surface area (Å²) in [6.07, 6.45) is -0.142. The summed E-state index contributed by atoms with van der Waals surface area (Å²) < 4.78 is 5.49. The Morgan fingerprint density at radius 3 is 2.47 bits per heavy atom. The molecule has 0 amide bonds. The first kappa shape index (κ1) is 15.5. The second-order valence-corrected chi connectivity index (χ2v) is 5.57. The van der Waals surface area contributed by atoms with Gasteiger partial charge in [0.2, 0.25) is 0 Å². The molecule has 104 valence electrons. The molecule has 0 saturated heterocycles. The van der Waals surface area contributed by atoms with Gasteiger partial charge in [0.25, 0.3) is 0 Å². The molecule has 0 saturated carbocycles. The fraction of sp³-hybridized carbons (Fsp3) is 0.533. The molecule has 0 radical (unpaired) electrons. The van der Waals surface area contributed by atoms with E-state index in [4.69, 9.17) is 10.00 Å². The Kier molecular flexibility index (Phi) is 5.81. The average Bonchev–Trinajstić information content (AvgIpc) is 2.35. The summed E-state index contributed by atoms with van der Waals surface area (Å²) in [5, 5.41) is 21.6. The zero-order valence-corrected chi connectivity index (χ0v) is 11.8. The number of ether oxygens (including phenoxy) is 1. The van der Waals surface area contributed by atoms with Crippen molar-refractivity contribution < 1.29 is 9.84 Å². The van der Waals surface area contributed by atoms with Crippen LogP contribution >= 0.6 is 0 Å². The first-order chi connectivity index (χ1) is 8.90. The van der Waals surface area contributed by atoms with Gasteiger partial charge in [0.1, 0.15) is 18.5 Å². The number of β-amino-alcohol motifs (C(OH)–C–C–N with tert-alkyl or cyclic N) is 1. The lowest BCUT2D eigenvalue weighted by molar-refractivity contribution is 0.100. The van der Waals surface area contributed by atoms with Crippen molar-refractivity contribution in [3.63, 3.8) is 0 Å². The van der Waals surface area contributed by atoms with Crippen molar-refractivity contribution >= 4 is 0 Å². The third kappa shape index (κ3) is 6.80. The number of aliphatic hydroxyl groups is 1. The fourth-order valence-electron chi connectivity index (χ4n) is 1.47. The maximum atomic E-state index is 9.78. The van der Waals surface area contributed by atoms with E-state index in [1.807, 2.05) is 24.3 Å². The Labute approximate surface area is 115 Å². The summed E-state index contributed by atoms with van der Waals surface area (Å²) >= 11 is 0. The third-order valence-electron chi connectivity index (χ3n) is 2.52. The lowest BCUT2D eigenvalue weighted by Crippen LogP contribution is -2.42. The molecule has 1 aromatic carbocycles. The summed E-state index contributed by atoms with van der Waals surface area (Å²) in [6.45, 7) is 6.90. The maximum Gasteiger partial charge on any atom is 0.119 e. The second kappa shape index (κ2) is 7.13. The van der Waals surface area contributed by atoms with E-state index in [1.54, 1.807) is 0 Å². The van der Waals surface area contributed by atoms with Crippen LogP contribution in [0.25, 0.3) is 0 Å². The molecule has 1 atom stereocenters. The van der Waals surface area contributed by atoms with Crippen molar-refractivity contribution in [1.29, 1.82) is 5.26 Å².